The standard InChI is InChI=1S/C36H50Cl2N6O8/c1-50-32-22-30(40)28(38)20-26(32)36(49)52-18-16-44-13-7-24(8-14-44)34(47)42-10-4-2-3-9-41-33(46)23-5-11-43(12-6-23)15-17-51-35(48)25-19-27(37)29(39)21-31(25)45/h19-24,45H,2-18,39-40H2,1H3,(H,41,46)(H,42,47). The third kappa shape index (κ3) is 12.0. The van der Waals surface area contributed by atoms with E-state index in [-0.39, 0.29) is 69.5 Å². The highest BCUT2D eigenvalue weighted by Gasteiger charge is 2.26. The Bertz CT molecular complexity index is 1550. The number of aromatic hydroxyl groups is 1. The Morgan fingerprint density at radius 1 is 0.731 bits per heavy atom. The number of methoxy groups -OCH3 is 1. The molecular formula is C36H50Cl2N6O8. The molecule has 2 aromatic carbocycles. The second kappa shape index (κ2) is 20.3. The van der Waals surface area contributed by atoms with E-state index in [1.165, 1.54) is 31.4 Å². The minimum atomic E-state index is -0.673. The largest absolute Gasteiger partial charge is 0.507 e. The van der Waals surface area contributed by atoms with Gasteiger partial charge in [0.2, 0.25) is 11.8 Å². The first kappa shape index (κ1) is 40.8. The number of rotatable bonds is 17. The number of esters is 2. The number of amides is 2. The van der Waals surface area contributed by atoms with Crippen LogP contribution in [0.15, 0.2) is 24.3 Å². The lowest BCUT2D eigenvalue weighted by atomic mass is 9.96. The molecule has 0 radical (unpaired) electrons. The molecule has 0 aromatic heterocycles. The third-order valence-electron chi connectivity index (χ3n) is 9.52. The van der Waals surface area contributed by atoms with Crippen LogP contribution in [-0.4, -0.2) is 111 Å². The summed E-state index contributed by atoms with van der Waals surface area (Å²) in [7, 11) is 1.45. The second-order valence-corrected chi connectivity index (χ2v) is 13.9. The fourth-order valence-corrected chi connectivity index (χ4v) is 6.63. The van der Waals surface area contributed by atoms with E-state index in [9.17, 15) is 24.3 Å². The van der Waals surface area contributed by atoms with Crippen LogP contribution in [-0.2, 0) is 19.1 Å². The zero-order valence-corrected chi connectivity index (χ0v) is 31.1. The number of likely N-dealkylation sites (tertiary alicyclic amines) is 2. The van der Waals surface area contributed by atoms with Gasteiger partial charge in [0.1, 0.15) is 35.8 Å². The predicted octanol–water partition coefficient (Wildman–Crippen LogP) is 3.71. The van der Waals surface area contributed by atoms with Crippen LogP contribution in [0, 0.1) is 11.8 Å². The Hall–Kier alpha value is -3.98. The summed E-state index contributed by atoms with van der Waals surface area (Å²) in [6, 6.07) is 5.44. The molecule has 0 spiro atoms. The van der Waals surface area contributed by atoms with E-state index >= 15 is 0 Å². The summed E-state index contributed by atoms with van der Waals surface area (Å²) < 4.78 is 16.0. The van der Waals surface area contributed by atoms with Crippen LogP contribution in [0.5, 0.6) is 11.5 Å². The number of halogens is 2. The maximum atomic E-state index is 12.7. The number of ether oxygens (including phenoxy) is 3. The Morgan fingerprint density at radius 3 is 1.65 bits per heavy atom. The highest BCUT2D eigenvalue weighted by atomic mass is 35.5. The highest BCUT2D eigenvalue weighted by molar-refractivity contribution is 6.34. The molecular weight excluding hydrogens is 715 g/mol. The van der Waals surface area contributed by atoms with Crippen LogP contribution in [0.3, 0.4) is 0 Å². The lowest BCUT2D eigenvalue weighted by Crippen LogP contribution is -2.42. The van der Waals surface area contributed by atoms with E-state index in [1.807, 2.05) is 0 Å². The quantitative estimate of drug-likeness (QED) is 0.0891. The topological polar surface area (TPSA) is 199 Å². The molecule has 2 amide bonds. The number of piperidine rings is 2. The number of nitrogens with one attached hydrogen (secondary N) is 2. The van der Waals surface area contributed by atoms with Crippen molar-refractivity contribution >= 4 is 58.3 Å². The minimum absolute atomic E-state index is 0.0342. The van der Waals surface area contributed by atoms with Gasteiger partial charge in [-0.25, -0.2) is 9.59 Å². The molecule has 2 aliphatic heterocycles. The molecule has 0 unspecified atom stereocenters. The monoisotopic (exact) mass is 764 g/mol. The van der Waals surface area contributed by atoms with Gasteiger partial charge >= 0.3 is 11.9 Å². The number of anilines is 2. The summed E-state index contributed by atoms with van der Waals surface area (Å²) in [6.45, 7) is 5.58. The molecule has 2 saturated heterocycles. The molecule has 16 heteroatoms. The van der Waals surface area contributed by atoms with Crippen molar-refractivity contribution in [1.29, 1.82) is 0 Å². The molecule has 2 aromatic rings. The number of unbranched alkanes of at least 4 members (excludes halogenated alkanes) is 2. The average Bonchev–Trinajstić information content (AvgIpc) is 3.13. The SMILES string of the molecule is COc1cc(N)c(Cl)cc1C(=O)OCCN1CCC(C(=O)NCCCCCNC(=O)C2CCN(CCOC(=O)c3cc(Cl)c(N)cc3O)CC2)CC1. The smallest absolute Gasteiger partial charge is 0.342 e. The second-order valence-electron chi connectivity index (χ2n) is 13.1. The minimum Gasteiger partial charge on any atom is -0.507 e. The maximum Gasteiger partial charge on any atom is 0.342 e. The number of carbonyl (C=O) groups is 4. The molecule has 52 heavy (non-hydrogen) atoms. The molecule has 0 atom stereocenters. The summed E-state index contributed by atoms with van der Waals surface area (Å²) in [6.07, 6.45) is 5.50. The van der Waals surface area contributed by atoms with Crippen LogP contribution in [0.1, 0.15) is 65.7 Å². The van der Waals surface area contributed by atoms with Crippen molar-refractivity contribution < 1.29 is 38.5 Å². The summed E-state index contributed by atoms with van der Waals surface area (Å²) in [4.78, 5) is 54.5. The number of benzene rings is 2. The van der Waals surface area contributed by atoms with Gasteiger partial charge in [-0.2, -0.15) is 0 Å². The van der Waals surface area contributed by atoms with Gasteiger partial charge in [-0.3, -0.25) is 19.4 Å². The van der Waals surface area contributed by atoms with Crippen molar-refractivity contribution in [2.24, 2.45) is 11.8 Å². The lowest BCUT2D eigenvalue weighted by Gasteiger charge is -2.31. The summed E-state index contributed by atoms with van der Waals surface area (Å²) in [5.41, 5.74) is 12.1. The van der Waals surface area contributed by atoms with Gasteiger partial charge in [0.25, 0.3) is 0 Å². The van der Waals surface area contributed by atoms with Crippen LogP contribution >= 0.6 is 23.2 Å². The normalized spacial score (nSPS) is 15.9. The van der Waals surface area contributed by atoms with Crippen molar-refractivity contribution in [2.45, 2.75) is 44.9 Å². The van der Waals surface area contributed by atoms with Crippen LogP contribution in [0.4, 0.5) is 11.4 Å². The first-order valence-electron chi connectivity index (χ1n) is 17.7. The van der Waals surface area contributed by atoms with Crippen molar-refractivity contribution in [3.05, 3.63) is 45.4 Å². The molecule has 0 aliphatic carbocycles. The zero-order chi connectivity index (χ0) is 37.6. The molecule has 0 saturated carbocycles. The predicted molar refractivity (Wildman–Crippen MR) is 199 cm³/mol. The van der Waals surface area contributed by atoms with Gasteiger partial charge in [0.05, 0.1) is 28.5 Å². The number of hydrogen-bond donors (Lipinski definition) is 5. The lowest BCUT2D eigenvalue weighted by molar-refractivity contribution is -0.127. The molecule has 2 heterocycles. The first-order valence-corrected chi connectivity index (χ1v) is 18.5. The summed E-state index contributed by atoms with van der Waals surface area (Å²) >= 11 is 12.0. The number of nitrogens with zero attached hydrogens (tertiary/aromatic N) is 2. The van der Waals surface area contributed by atoms with Crippen molar-refractivity contribution in [2.75, 3.05) is 84.1 Å². The van der Waals surface area contributed by atoms with E-state index < -0.39 is 11.9 Å². The number of hydrogen-bond acceptors (Lipinski definition) is 12. The maximum absolute atomic E-state index is 12.7. The van der Waals surface area contributed by atoms with E-state index in [2.05, 4.69) is 20.4 Å². The fourth-order valence-electron chi connectivity index (χ4n) is 6.31. The van der Waals surface area contributed by atoms with Crippen LogP contribution in [0.2, 0.25) is 10.0 Å². The molecule has 2 fully saturated rings. The van der Waals surface area contributed by atoms with Gasteiger partial charge in [0, 0.05) is 50.1 Å². The molecule has 286 valence electrons. The molecule has 14 nitrogen and oxygen atoms in total. The highest BCUT2D eigenvalue weighted by Crippen LogP contribution is 2.30. The van der Waals surface area contributed by atoms with Crippen molar-refractivity contribution in [1.82, 2.24) is 20.4 Å². The summed E-state index contributed by atoms with van der Waals surface area (Å²) in [5.74, 6) is -1.14. The number of phenols is 1. The number of carbonyl (C=O) groups excluding carboxylic acids is 4. The number of nitrogen functional groups attached to an aromatic ring is 2. The van der Waals surface area contributed by atoms with Crippen LogP contribution in [0.25, 0.3) is 0 Å². The fraction of sp³-hybridized carbons (Fsp3) is 0.556. The summed E-state index contributed by atoms with van der Waals surface area (Å²) in [5, 5.41) is 16.5. The van der Waals surface area contributed by atoms with E-state index in [4.69, 9.17) is 48.9 Å². The van der Waals surface area contributed by atoms with Gasteiger partial charge in [-0.05, 0) is 83.3 Å². The van der Waals surface area contributed by atoms with Gasteiger partial charge < -0.3 is 41.4 Å². The van der Waals surface area contributed by atoms with Gasteiger partial charge in [0.15, 0.2) is 0 Å². The van der Waals surface area contributed by atoms with Gasteiger partial charge in [-0.1, -0.05) is 23.2 Å². The molecule has 7 N–H and O–H groups in total. The van der Waals surface area contributed by atoms with E-state index in [0.29, 0.717) is 37.6 Å². The first-order chi connectivity index (χ1) is 25.0. The Kier molecular flexibility index (Phi) is 15.9. The van der Waals surface area contributed by atoms with E-state index in [1.54, 1.807) is 0 Å². The molecule has 0 bridgehead atoms. The third-order valence-corrected chi connectivity index (χ3v) is 10.2. The van der Waals surface area contributed by atoms with Gasteiger partial charge in [-0.15, -0.1) is 0 Å². The van der Waals surface area contributed by atoms with Crippen molar-refractivity contribution in [3.63, 3.8) is 0 Å². The Balaban J connectivity index is 0.986. The Morgan fingerprint density at radius 2 is 1.17 bits per heavy atom. The molecule has 4 rings (SSSR count). The number of nitrogens with two attached hydrogens (primary N) is 2. The zero-order valence-electron chi connectivity index (χ0n) is 29.6. The van der Waals surface area contributed by atoms with Crippen molar-refractivity contribution in [3.8, 4) is 11.5 Å². The van der Waals surface area contributed by atoms with Crippen LogP contribution < -0.4 is 26.8 Å². The Labute approximate surface area is 314 Å². The average molecular weight is 766 g/mol. The number of phenolic OH excluding ortho intramolecular Hbond substituents is 1. The van der Waals surface area contributed by atoms with E-state index in [0.717, 1.165) is 71.1 Å². The molecule has 2 aliphatic rings.